The fourth-order valence-corrected chi connectivity index (χ4v) is 1.99. The van der Waals surface area contributed by atoms with Crippen LogP contribution in [0.4, 0.5) is 0 Å². The first-order chi connectivity index (χ1) is 8.59. The van der Waals surface area contributed by atoms with Crippen molar-refractivity contribution in [2.45, 2.75) is 13.0 Å². The molecule has 0 saturated heterocycles. The van der Waals surface area contributed by atoms with Gasteiger partial charge in [-0.15, -0.1) is 0 Å². The van der Waals surface area contributed by atoms with Crippen LogP contribution in [0.5, 0.6) is 0 Å². The van der Waals surface area contributed by atoms with E-state index in [1.54, 1.807) is 0 Å². The maximum absolute atomic E-state index is 12.2. The molecule has 0 radical (unpaired) electrons. The molecule has 1 aliphatic rings. The van der Waals surface area contributed by atoms with Gasteiger partial charge in [0.25, 0.3) is 0 Å². The molecule has 0 aliphatic heterocycles. The fraction of sp³-hybridized carbons (Fsp3) is 0.154. The summed E-state index contributed by atoms with van der Waals surface area (Å²) < 4.78 is 5.27. The van der Waals surface area contributed by atoms with Gasteiger partial charge in [-0.25, -0.2) is 0 Å². The maximum Gasteiger partial charge on any atom is 0.229 e. The number of aliphatic hydroxyl groups is 1. The van der Waals surface area contributed by atoms with E-state index in [4.69, 9.17) is 4.42 Å². The minimum atomic E-state index is -0.863. The molecule has 0 fully saturated rings. The first-order valence-corrected chi connectivity index (χ1v) is 5.45. The highest BCUT2D eigenvalue weighted by Crippen LogP contribution is 2.30. The van der Waals surface area contributed by atoms with Crippen molar-refractivity contribution in [2.24, 2.45) is 0 Å². The first kappa shape index (κ1) is 10.9. The van der Waals surface area contributed by atoms with Crippen LogP contribution >= 0.6 is 0 Å². The number of hydrogen-bond donors (Lipinski definition) is 1. The van der Waals surface area contributed by atoms with Crippen LogP contribution in [0.2, 0.25) is 0 Å². The Balaban J connectivity index is 2.24. The largest absolute Gasteiger partial charge is 0.454 e. The van der Waals surface area contributed by atoms with Gasteiger partial charge in [-0.05, 0) is 19.1 Å². The van der Waals surface area contributed by atoms with Crippen molar-refractivity contribution >= 4 is 11.6 Å². The summed E-state index contributed by atoms with van der Waals surface area (Å²) >= 11 is 0. The minimum absolute atomic E-state index is 0.00500. The quantitative estimate of drug-likeness (QED) is 0.700. The van der Waals surface area contributed by atoms with Gasteiger partial charge in [-0.2, -0.15) is 0 Å². The summed E-state index contributed by atoms with van der Waals surface area (Å²) in [6.07, 6.45) is 1.96. The third kappa shape index (κ3) is 1.34. The molecule has 0 aromatic carbocycles. The van der Waals surface area contributed by atoms with Crippen molar-refractivity contribution < 1.29 is 19.1 Å². The van der Waals surface area contributed by atoms with Gasteiger partial charge in [0.2, 0.25) is 5.78 Å². The summed E-state index contributed by atoms with van der Waals surface area (Å²) in [6.45, 7) is 1.51. The Labute approximate surface area is 102 Å². The van der Waals surface area contributed by atoms with Crippen LogP contribution < -0.4 is 0 Å². The van der Waals surface area contributed by atoms with Gasteiger partial charge >= 0.3 is 0 Å². The second kappa shape index (κ2) is 3.61. The predicted octanol–water partition coefficient (Wildman–Crippen LogP) is 1.50. The molecule has 1 N–H and O–H groups in total. The molecule has 5 nitrogen and oxygen atoms in total. The van der Waals surface area contributed by atoms with Gasteiger partial charge < -0.3 is 9.52 Å². The van der Waals surface area contributed by atoms with Crippen LogP contribution in [-0.4, -0.2) is 21.7 Å². The number of fused-ring (bicyclic) bond motifs is 2. The number of rotatable bonds is 1. The van der Waals surface area contributed by atoms with Crippen molar-refractivity contribution in [1.82, 2.24) is 4.98 Å². The smallest absolute Gasteiger partial charge is 0.229 e. The lowest BCUT2D eigenvalue weighted by Gasteiger charge is -2.11. The molecule has 0 saturated carbocycles. The maximum atomic E-state index is 12.2. The molecule has 5 heteroatoms. The zero-order valence-electron chi connectivity index (χ0n) is 9.51. The number of furan rings is 1. The number of nitrogens with zero attached hydrogens (tertiary/aromatic N) is 1. The van der Waals surface area contributed by atoms with Crippen LogP contribution in [0.1, 0.15) is 50.8 Å². The van der Waals surface area contributed by atoms with E-state index >= 15 is 0 Å². The van der Waals surface area contributed by atoms with Gasteiger partial charge in [0, 0.05) is 18.0 Å². The van der Waals surface area contributed by atoms with Crippen LogP contribution in [0.25, 0.3) is 0 Å². The molecule has 0 spiro atoms. The molecule has 90 valence electrons. The van der Waals surface area contributed by atoms with E-state index in [9.17, 15) is 14.7 Å². The number of aromatic nitrogens is 1. The fourth-order valence-electron chi connectivity index (χ4n) is 1.99. The number of ketones is 2. The van der Waals surface area contributed by atoms with E-state index < -0.39 is 6.10 Å². The Hall–Kier alpha value is -2.27. The Bertz CT molecular complexity index is 617. The normalized spacial score (nSPS) is 15.2. The Morgan fingerprint density at radius 2 is 2.00 bits per heavy atom. The van der Waals surface area contributed by atoms with Crippen LogP contribution in [0, 0.1) is 0 Å². The third-order valence-corrected chi connectivity index (χ3v) is 2.92. The lowest BCUT2D eigenvalue weighted by molar-refractivity contribution is 0.0953. The Morgan fingerprint density at radius 3 is 2.72 bits per heavy atom. The van der Waals surface area contributed by atoms with Crippen LogP contribution in [0.3, 0.4) is 0 Å². The topological polar surface area (TPSA) is 80.4 Å². The summed E-state index contributed by atoms with van der Waals surface area (Å²) in [6, 6.07) is 2.90. The molecule has 18 heavy (non-hydrogen) atoms. The molecule has 0 bridgehead atoms. The lowest BCUT2D eigenvalue weighted by Crippen LogP contribution is -2.19. The monoisotopic (exact) mass is 243 g/mol. The summed E-state index contributed by atoms with van der Waals surface area (Å²) in [4.78, 5) is 28.1. The van der Waals surface area contributed by atoms with Crippen molar-refractivity contribution in [1.29, 1.82) is 0 Å². The number of pyridine rings is 1. The highest BCUT2D eigenvalue weighted by Gasteiger charge is 2.34. The SMILES string of the molecule is CC(O)c1cc2c(o1)C(=O)c1ccncc1C2=O. The van der Waals surface area contributed by atoms with E-state index in [0.717, 1.165) is 0 Å². The van der Waals surface area contributed by atoms with Crippen LogP contribution in [0.15, 0.2) is 28.9 Å². The van der Waals surface area contributed by atoms with E-state index in [0.29, 0.717) is 0 Å². The molecular weight excluding hydrogens is 234 g/mol. The van der Waals surface area contributed by atoms with Gasteiger partial charge in [0.1, 0.15) is 11.9 Å². The van der Waals surface area contributed by atoms with Gasteiger partial charge in [-0.3, -0.25) is 14.6 Å². The minimum Gasteiger partial charge on any atom is -0.454 e. The van der Waals surface area contributed by atoms with Gasteiger partial charge in [-0.1, -0.05) is 0 Å². The van der Waals surface area contributed by atoms with Crippen LogP contribution in [-0.2, 0) is 0 Å². The van der Waals surface area contributed by atoms with Crippen molar-refractivity contribution in [3.8, 4) is 0 Å². The van der Waals surface area contributed by atoms with E-state index in [-0.39, 0.29) is 39.8 Å². The molecule has 2 heterocycles. The predicted molar refractivity (Wildman–Crippen MR) is 60.4 cm³/mol. The zero-order chi connectivity index (χ0) is 12.9. The molecular formula is C13H9NO4. The zero-order valence-corrected chi connectivity index (χ0v) is 9.51. The lowest BCUT2D eigenvalue weighted by atomic mass is 9.90. The Kier molecular flexibility index (Phi) is 2.18. The molecule has 2 aromatic rings. The van der Waals surface area contributed by atoms with E-state index in [2.05, 4.69) is 4.98 Å². The van der Waals surface area contributed by atoms with E-state index in [1.165, 1.54) is 31.5 Å². The third-order valence-electron chi connectivity index (χ3n) is 2.92. The molecule has 3 rings (SSSR count). The standard InChI is InChI=1S/C13H9NO4/c1-6(15)10-4-8-11(16)9-5-14-3-2-7(9)12(17)13(8)18-10/h2-6,15H,1H3. The average Bonchev–Trinajstić information content (AvgIpc) is 2.81. The van der Waals surface area contributed by atoms with E-state index in [1.807, 2.05) is 0 Å². The molecule has 1 unspecified atom stereocenters. The average molecular weight is 243 g/mol. The summed E-state index contributed by atoms with van der Waals surface area (Å²) in [7, 11) is 0. The van der Waals surface area contributed by atoms with Gasteiger partial charge in [0.15, 0.2) is 11.5 Å². The Morgan fingerprint density at radius 1 is 1.22 bits per heavy atom. The number of carbonyl (C=O) groups excluding carboxylic acids is 2. The number of hydrogen-bond acceptors (Lipinski definition) is 5. The number of carbonyl (C=O) groups is 2. The second-order valence-electron chi connectivity index (χ2n) is 4.15. The molecule has 2 aromatic heterocycles. The molecule has 1 aliphatic carbocycles. The summed E-state index contributed by atoms with van der Waals surface area (Å²) in [5, 5.41) is 9.43. The summed E-state index contributed by atoms with van der Waals surface area (Å²) in [5.41, 5.74) is 0.748. The molecule has 0 amide bonds. The van der Waals surface area contributed by atoms with Crippen molar-refractivity contribution in [3.05, 3.63) is 52.7 Å². The van der Waals surface area contributed by atoms with Crippen molar-refractivity contribution in [3.63, 3.8) is 0 Å². The van der Waals surface area contributed by atoms with Gasteiger partial charge in [0.05, 0.1) is 11.1 Å². The highest BCUT2D eigenvalue weighted by molar-refractivity contribution is 6.27. The first-order valence-electron chi connectivity index (χ1n) is 5.45. The van der Waals surface area contributed by atoms with Crippen molar-refractivity contribution in [2.75, 3.05) is 0 Å². The second-order valence-corrected chi connectivity index (χ2v) is 4.15. The summed E-state index contributed by atoms with van der Waals surface area (Å²) in [5.74, 6) is -0.450. The molecule has 1 atom stereocenters. The highest BCUT2D eigenvalue weighted by atomic mass is 16.4. The number of aliphatic hydroxyl groups excluding tert-OH is 1.